The zero-order chi connectivity index (χ0) is 34.1. The second-order valence-electron chi connectivity index (χ2n) is 14.6. The number of furan rings is 1. The minimum Gasteiger partial charge on any atom is -0.661 e. The molecule has 0 bridgehead atoms. The van der Waals surface area contributed by atoms with Crippen molar-refractivity contribution < 1.29 is 24.5 Å². The van der Waals surface area contributed by atoms with Crippen LogP contribution in [0.2, 0.25) is 19.6 Å². The zero-order valence-electron chi connectivity index (χ0n) is 29.4. The monoisotopic (exact) mass is 861 g/mol. The van der Waals surface area contributed by atoms with E-state index in [1.54, 1.807) is 10.8 Å². The molecule has 1 aliphatic heterocycles. The number of pyridine rings is 1. The van der Waals surface area contributed by atoms with Crippen molar-refractivity contribution in [3.63, 3.8) is 0 Å². The standard InChI is InChI=1S/C25H16N2O.C20H26NSi.Ir/c1-2-8-18(9-3-1)27-22-12-6-5-11-21(22)26-25(27)17-14-15-20-19-10-4-7-13-23(19)28-24(20)16-17;1-22(2,3)20-15-21-19(17-11-5-4-6-12-17)14-18(20)13-16-9-7-8-10-16;/h1-13,15-16,25H;4-6,11,14-16H,7-10,13H2,1-3H3;/q-2;-1;+3. The molecule has 0 saturated heterocycles. The fraction of sp³-hybridized carbons (Fsp3) is 0.222. The van der Waals surface area contributed by atoms with Crippen molar-refractivity contribution in [3.05, 3.63) is 156 Å². The fourth-order valence-corrected chi connectivity index (χ4v) is 9.16. The van der Waals surface area contributed by atoms with E-state index in [1.165, 1.54) is 32.1 Å². The average Bonchev–Trinajstić information content (AvgIpc) is 3.89. The Kier molecular flexibility index (Phi) is 10.3. The van der Waals surface area contributed by atoms with Crippen molar-refractivity contribution in [2.24, 2.45) is 5.92 Å². The van der Waals surface area contributed by atoms with Gasteiger partial charge >= 0.3 is 20.1 Å². The predicted molar refractivity (Wildman–Crippen MR) is 210 cm³/mol. The summed E-state index contributed by atoms with van der Waals surface area (Å²) in [5.74, 6) is 0.880. The SMILES string of the molecule is C[Si](C)(C)c1cnc(-c2[c-]cccc2)cc1CC1CCCC1.[Ir+3].[c-]1cc2c(cc1C1[N-]c3ccccc3N1c1ccccc1)oc1ccccc12. The molecule has 0 radical (unpaired) electrons. The number of rotatable bonds is 6. The number of hydrogen-bond donors (Lipinski definition) is 0. The molecule has 2 aromatic heterocycles. The van der Waals surface area contributed by atoms with Crippen LogP contribution in [0.5, 0.6) is 0 Å². The van der Waals surface area contributed by atoms with Crippen molar-refractivity contribution in [2.75, 3.05) is 4.90 Å². The Hall–Kier alpha value is -4.48. The van der Waals surface area contributed by atoms with Gasteiger partial charge in [-0.3, -0.25) is 0 Å². The average molecular weight is 861 g/mol. The predicted octanol–water partition coefficient (Wildman–Crippen LogP) is 12.1. The third-order valence-electron chi connectivity index (χ3n) is 10.1. The van der Waals surface area contributed by atoms with E-state index in [0.717, 1.165) is 61.7 Å². The van der Waals surface area contributed by atoms with E-state index in [-0.39, 0.29) is 26.3 Å². The first kappa shape index (κ1) is 34.9. The molecule has 3 heterocycles. The van der Waals surface area contributed by atoms with E-state index < -0.39 is 8.07 Å². The van der Waals surface area contributed by atoms with Crippen LogP contribution in [0.15, 0.2) is 132 Å². The summed E-state index contributed by atoms with van der Waals surface area (Å²) in [5, 5.41) is 8.74. The second kappa shape index (κ2) is 15.0. The van der Waals surface area contributed by atoms with Crippen molar-refractivity contribution in [1.82, 2.24) is 4.98 Å². The van der Waals surface area contributed by atoms with Gasteiger partial charge in [0.1, 0.15) is 5.58 Å². The summed E-state index contributed by atoms with van der Waals surface area (Å²) in [6.07, 6.45) is 8.86. The number of fused-ring (bicyclic) bond motifs is 4. The van der Waals surface area contributed by atoms with Gasteiger partial charge in [0.05, 0.1) is 8.07 Å². The van der Waals surface area contributed by atoms with Crippen LogP contribution < -0.4 is 10.1 Å². The molecule has 51 heavy (non-hydrogen) atoms. The molecule has 0 spiro atoms. The van der Waals surface area contributed by atoms with Crippen LogP contribution in [0.3, 0.4) is 0 Å². The van der Waals surface area contributed by atoms with Crippen molar-refractivity contribution >= 4 is 52.3 Å². The van der Waals surface area contributed by atoms with Crippen LogP contribution in [-0.2, 0) is 26.5 Å². The molecule has 4 nitrogen and oxygen atoms in total. The minimum atomic E-state index is -1.35. The topological polar surface area (TPSA) is 43.4 Å². The van der Waals surface area contributed by atoms with Crippen molar-refractivity contribution in [3.8, 4) is 11.3 Å². The van der Waals surface area contributed by atoms with E-state index in [1.807, 2.05) is 48.5 Å². The van der Waals surface area contributed by atoms with E-state index in [4.69, 9.17) is 14.7 Å². The van der Waals surface area contributed by atoms with Crippen LogP contribution in [0.1, 0.15) is 43.0 Å². The third kappa shape index (κ3) is 7.32. The Labute approximate surface area is 316 Å². The van der Waals surface area contributed by atoms with Crippen LogP contribution in [0.25, 0.3) is 38.5 Å². The molecule has 5 aromatic carbocycles. The first-order valence-corrected chi connectivity index (χ1v) is 21.4. The molecule has 6 heteroatoms. The van der Waals surface area contributed by atoms with Crippen molar-refractivity contribution in [2.45, 2.75) is 57.9 Å². The molecular weight excluding hydrogens is 819 g/mol. The summed E-state index contributed by atoms with van der Waals surface area (Å²) < 4.78 is 6.09. The zero-order valence-corrected chi connectivity index (χ0v) is 32.8. The third-order valence-corrected chi connectivity index (χ3v) is 12.1. The summed E-state index contributed by atoms with van der Waals surface area (Å²) >= 11 is 0. The molecule has 1 aliphatic carbocycles. The Morgan fingerprint density at radius 1 is 0.804 bits per heavy atom. The van der Waals surface area contributed by atoms with E-state index in [2.05, 4.69) is 116 Å². The number of nitrogens with zero attached hydrogens (tertiary/aromatic N) is 3. The smallest absolute Gasteiger partial charge is 0.661 e. The number of benzene rings is 5. The van der Waals surface area contributed by atoms with Gasteiger partial charge in [0, 0.05) is 23.2 Å². The maximum absolute atomic E-state index is 6.09. The van der Waals surface area contributed by atoms with Gasteiger partial charge in [-0.15, -0.1) is 47.6 Å². The molecule has 1 fully saturated rings. The fourth-order valence-electron chi connectivity index (χ4n) is 7.57. The van der Waals surface area contributed by atoms with Crippen LogP contribution in [0.4, 0.5) is 17.1 Å². The Balaban J connectivity index is 0.000000161. The Bertz CT molecular complexity index is 2240. The normalized spacial score (nSPS) is 15.6. The van der Waals surface area contributed by atoms with Crippen LogP contribution in [-0.4, -0.2) is 13.1 Å². The quantitative estimate of drug-likeness (QED) is 0.124. The van der Waals surface area contributed by atoms with E-state index in [0.29, 0.717) is 0 Å². The Morgan fingerprint density at radius 3 is 2.33 bits per heavy atom. The molecule has 9 rings (SSSR count). The van der Waals surface area contributed by atoms with Crippen LogP contribution >= 0.6 is 0 Å². The first-order chi connectivity index (χ1) is 24.4. The molecular formula is C45H42IrN3OSi. The van der Waals surface area contributed by atoms with Gasteiger partial charge in [-0.25, -0.2) is 0 Å². The van der Waals surface area contributed by atoms with E-state index >= 15 is 0 Å². The van der Waals surface area contributed by atoms with E-state index in [9.17, 15) is 0 Å². The van der Waals surface area contributed by atoms with Gasteiger partial charge in [0.25, 0.3) is 0 Å². The molecule has 1 saturated carbocycles. The summed E-state index contributed by atoms with van der Waals surface area (Å²) in [6.45, 7) is 7.28. The second-order valence-corrected chi connectivity index (χ2v) is 19.6. The molecule has 256 valence electrons. The van der Waals surface area contributed by atoms with Gasteiger partial charge in [-0.05, 0) is 59.0 Å². The summed E-state index contributed by atoms with van der Waals surface area (Å²) in [4.78, 5) is 7.01. The van der Waals surface area contributed by atoms with Gasteiger partial charge < -0.3 is 19.6 Å². The summed E-state index contributed by atoms with van der Waals surface area (Å²) in [7, 11) is -1.35. The molecule has 0 amide bonds. The van der Waals surface area contributed by atoms with Gasteiger partial charge in [-0.1, -0.05) is 117 Å². The molecule has 7 aromatic rings. The van der Waals surface area contributed by atoms with Gasteiger partial charge in [0.2, 0.25) is 0 Å². The maximum atomic E-state index is 6.09. The number of hydrogen-bond acceptors (Lipinski definition) is 3. The largest absolute Gasteiger partial charge is 3.00 e. The maximum Gasteiger partial charge on any atom is 3.00 e. The minimum absolute atomic E-state index is 0. The molecule has 1 atom stereocenters. The van der Waals surface area contributed by atoms with Crippen molar-refractivity contribution in [1.29, 1.82) is 0 Å². The van der Waals surface area contributed by atoms with Gasteiger partial charge in [-0.2, -0.15) is 17.7 Å². The number of aromatic nitrogens is 1. The number of anilines is 2. The van der Waals surface area contributed by atoms with Crippen LogP contribution in [0, 0.1) is 18.1 Å². The summed E-state index contributed by atoms with van der Waals surface area (Å²) in [5.41, 5.74) is 9.71. The molecule has 0 N–H and O–H groups in total. The molecule has 1 unspecified atom stereocenters. The first-order valence-electron chi connectivity index (χ1n) is 17.9. The Morgan fingerprint density at radius 2 is 1.55 bits per heavy atom. The molecule has 2 aliphatic rings. The number of para-hydroxylation sites is 4. The summed E-state index contributed by atoms with van der Waals surface area (Å²) in [6, 6.07) is 48.1. The van der Waals surface area contributed by atoms with Gasteiger partial charge in [0.15, 0.2) is 0 Å².